The van der Waals surface area contributed by atoms with Crippen LogP contribution in [-0.4, -0.2) is 62.1 Å². The van der Waals surface area contributed by atoms with Crippen LogP contribution < -0.4 is 5.32 Å². The molecule has 1 unspecified atom stereocenters. The number of nitrogens with zero attached hydrogens (tertiary/aromatic N) is 2. The molecule has 1 atom stereocenters. The summed E-state index contributed by atoms with van der Waals surface area (Å²) in [5, 5.41) is 21.5. The molecule has 27 heavy (non-hydrogen) atoms. The van der Waals surface area contributed by atoms with Crippen LogP contribution in [0.1, 0.15) is 12.0 Å². The molecule has 0 radical (unpaired) electrons. The molecule has 1 aliphatic rings. The Morgan fingerprint density at radius 3 is 2.81 bits per heavy atom. The van der Waals surface area contributed by atoms with Crippen molar-refractivity contribution in [1.82, 2.24) is 4.90 Å². The Balaban J connectivity index is 2.21. The molecular formula is C18H23N3O5S. The fourth-order valence-electron chi connectivity index (χ4n) is 2.87. The Kier molecular flexibility index (Phi) is 6.82. The lowest BCUT2D eigenvalue weighted by molar-refractivity contribution is -0.112. The van der Waals surface area contributed by atoms with E-state index in [-0.39, 0.29) is 28.9 Å². The number of carbonyl (C=O) groups is 1. The van der Waals surface area contributed by atoms with Gasteiger partial charge < -0.3 is 20.1 Å². The summed E-state index contributed by atoms with van der Waals surface area (Å²) >= 11 is 0. The number of hydrogen-bond acceptors (Lipinski definition) is 7. The minimum atomic E-state index is -3.11. The molecule has 1 amide bonds. The Hall–Kier alpha value is -2.57. The number of benzene rings is 1. The van der Waals surface area contributed by atoms with Crippen LogP contribution in [-0.2, 0) is 19.4 Å². The van der Waals surface area contributed by atoms with Gasteiger partial charge in [-0.05, 0) is 37.1 Å². The number of amides is 1. The third kappa shape index (κ3) is 5.70. The largest absolute Gasteiger partial charge is 0.508 e. The van der Waals surface area contributed by atoms with E-state index in [1.54, 1.807) is 17.9 Å². The van der Waals surface area contributed by atoms with Gasteiger partial charge in [-0.25, -0.2) is 8.42 Å². The monoisotopic (exact) mass is 393 g/mol. The number of aromatic hydroxyl groups is 1. The summed E-state index contributed by atoms with van der Waals surface area (Å²) in [5.41, 5.74) is 0.993. The van der Waals surface area contributed by atoms with E-state index in [1.807, 2.05) is 6.07 Å². The van der Waals surface area contributed by atoms with E-state index in [0.29, 0.717) is 30.8 Å². The van der Waals surface area contributed by atoms with Crippen molar-refractivity contribution < 1.29 is 23.1 Å². The Bertz CT molecular complexity index is 873. The summed E-state index contributed by atoms with van der Waals surface area (Å²) < 4.78 is 28.6. The number of phenolic OH excluding ortho intramolecular Hbond substituents is 1. The smallest absolute Gasteiger partial charge is 0.267 e. The van der Waals surface area contributed by atoms with E-state index < -0.39 is 15.7 Å². The van der Waals surface area contributed by atoms with Crippen molar-refractivity contribution in [2.24, 2.45) is 0 Å². The van der Waals surface area contributed by atoms with Crippen LogP contribution in [0.5, 0.6) is 5.75 Å². The fraction of sp³-hybridized carbons (Fsp3) is 0.444. The summed E-state index contributed by atoms with van der Waals surface area (Å²) in [6.45, 7) is 2.43. The number of rotatable bonds is 7. The Labute approximate surface area is 159 Å². The van der Waals surface area contributed by atoms with Gasteiger partial charge in [0.25, 0.3) is 5.91 Å². The lowest BCUT2D eigenvalue weighted by Gasteiger charge is -2.26. The first-order chi connectivity index (χ1) is 12.8. The summed E-state index contributed by atoms with van der Waals surface area (Å²) in [7, 11) is -1.58. The number of phenols is 1. The second-order valence-corrected chi connectivity index (χ2v) is 8.62. The maximum atomic E-state index is 12.5. The van der Waals surface area contributed by atoms with E-state index >= 15 is 0 Å². The molecule has 8 nitrogen and oxygen atoms in total. The lowest BCUT2D eigenvalue weighted by Crippen LogP contribution is -2.35. The molecule has 1 aromatic rings. The van der Waals surface area contributed by atoms with E-state index in [1.165, 1.54) is 25.4 Å². The number of hydrogen-bond donors (Lipinski definition) is 2. The Morgan fingerprint density at radius 1 is 1.52 bits per heavy atom. The minimum absolute atomic E-state index is 0.00931. The molecule has 0 saturated carbocycles. The van der Waals surface area contributed by atoms with Crippen molar-refractivity contribution in [2.75, 3.05) is 37.1 Å². The highest BCUT2D eigenvalue weighted by Gasteiger charge is 2.31. The molecule has 0 spiro atoms. The topological polar surface area (TPSA) is 120 Å². The summed E-state index contributed by atoms with van der Waals surface area (Å²) in [5.74, 6) is -0.440. The van der Waals surface area contributed by atoms with Gasteiger partial charge in [0.05, 0.1) is 18.1 Å². The van der Waals surface area contributed by atoms with Crippen molar-refractivity contribution in [2.45, 2.75) is 19.4 Å². The average Bonchev–Trinajstić information content (AvgIpc) is 2.97. The van der Waals surface area contributed by atoms with Gasteiger partial charge in [-0.1, -0.05) is 0 Å². The lowest BCUT2D eigenvalue weighted by atomic mass is 10.1. The maximum Gasteiger partial charge on any atom is 0.267 e. The van der Waals surface area contributed by atoms with Crippen molar-refractivity contribution in [3.8, 4) is 11.8 Å². The number of carbonyl (C=O) groups excluding carboxylic acids is 1. The number of ether oxygens (including phenoxy) is 1. The average molecular weight is 393 g/mol. The van der Waals surface area contributed by atoms with Gasteiger partial charge in [-0.2, -0.15) is 5.26 Å². The molecule has 0 aromatic heterocycles. The summed E-state index contributed by atoms with van der Waals surface area (Å²) in [6.07, 6.45) is 1.84. The van der Waals surface area contributed by atoms with E-state index in [4.69, 9.17) is 4.74 Å². The number of aryl methyl sites for hydroxylation is 1. The van der Waals surface area contributed by atoms with Crippen LogP contribution in [0.15, 0.2) is 30.0 Å². The van der Waals surface area contributed by atoms with Crippen LogP contribution in [0.4, 0.5) is 5.69 Å². The van der Waals surface area contributed by atoms with Gasteiger partial charge in [-0.3, -0.25) is 4.79 Å². The predicted octanol–water partition coefficient (Wildman–Crippen LogP) is 1.18. The van der Waals surface area contributed by atoms with Crippen LogP contribution in [0, 0.1) is 18.3 Å². The zero-order valence-corrected chi connectivity index (χ0v) is 16.1. The zero-order valence-electron chi connectivity index (χ0n) is 15.3. The predicted molar refractivity (Wildman–Crippen MR) is 101 cm³/mol. The van der Waals surface area contributed by atoms with Crippen LogP contribution >= 0.6 is 0 Å². The van der Waals surface area contributed by atoms with Crippen molar-refractivity contribution in [1.29, 1.82) is 5.26 Å². The fourth-order valence-corrected chi connectivity index (χ4v) is 4.61. The molecule has 0 aliphatic carbocycles. The molecule has 2 rings (SSSR count). The highest BCUT2D eigenvalue weighted by Crippen LogP contribution is 2.22. The summed E-state index contributed by atoms with van der Waals surface area (Å²) in [4.78, 5) is 14.2. The van der Waals surface area contributed by atoms with Gasteiger partial charge in [0, 0.05) is 31.6 Å². The van der Waals surface area contributed by atoms with Crippen molar-refractivity contribution in [3.05, 3.63) is 35.5 Å². The number of methoxy groups -OCH3 is 1. The first-order valence-corrected chi connectivity index (χ1v) is 10.3. The molecule has 9 heteroatoms. The zero-order chi connectivity index (χ0) is 20.0. The second-order valence-electron chi connectivity index (χ2n) is 6.40. The second kappa shape index (κ2) is 8.88. The normalized spacial score (nSPS) is 18.7. The molecule has 146 valence electrons. The quantitative estimate of drug-likeness (QED) is 0.405. The number of nitrogens with one attached hydrogen (secondary N) is 1. The molecule has 1 saturated heterocycles. The molecular weight excluding hydrogens is 370 g/mol. The van der Waals surface area contributed by atoms with E-state index in [9.17, 15) is 23.6 Å². The molecule has 0 bridgehead atoms. The molecule has 1 aromatic carbocycles. The standard InChI is InChI=1S/C18H23N3O5S/c1-13-9-16(22)3-4-17(13)20-18(23)14(10-19)11-21(6-7-26-2)15-5-8-27(24,25)12-15/h3-4,9,11,15,22H,5-8,12H2,1-2H3,(H,20,23)/b14-11-. The number of anilines is 1. The molecule has 1 heterocycles. The van der Waals surface area contributed by atoms with Crippen LogP contribution in [0.25, 0.3) is 0 Å². The first kappa shape index (κ1) is 20.7. The van der Waals surface area contributed by atoms with Gasteiger partial charge in [-0.15, -0.1) is 0 Å². The van der Waals surface area contributed by atoms with Crippen molar-refractivity contribution in [3.63, 3.8) is 0 Å². The summed E-state index contributed by atoms with van der Waals surface area (Å²) in [6, 6.07) is 6.06. The first-order valence-electron chi connectivity index (χ1n) is 8.43. The third-order valence-corrected chi connectivity index (χ3v) is 6.10. The van der Waals surface area contributed by atoms with Crippen LogP contribution in [0.3, 0.4) is 0 Å². The van der Waals surface area contributed by atoms with Gasteiger partial charge in [0.15, 0.2) is 9.84 Å². The highest BCUT2D eigenvalue weighted by atomic mass is 32.2. The van der Waals surface area contributed by atoms with Gasteiger partial charge in [0.1, 0.15) is 17.4 Å². The molecule has 1 aliphatic heterocycles. The molecule has 2 N–H and O–H groups in total. The van der Waals surface area contributed by atoms with E-state index in [2.05, 4.69) is 5.32 Å². The van der Waals surface area contributed by atoms with Crippen molar-refractivity contribution >= 4 is 21.4 Å². The minimum Gasteiger partial charge on any atom is -0.508 e. The third-order valence-electron chi connectivity index (χ3n) is 4.35. The maximum absolute atomic E-state index is 12.5. The van der Waals surface area contributed by atoms with Gasteiger partial charge >= 0.3 is 0 Å². The molecule has 1 fully saturated rings. The van der Waals surface area contributed by atoms with Crippen LogP contribution in [0.2, 0.25) is 0 Å². The van der Waals surface area contributed by atoms with Gasteiger partial charge in [0.2, 0.25) is 0 Å². The Morgan fingerprint density at radius 2 is 2.26 bits per heavy atom. The number of sulfone groups is 1. The highest BCUT2D eigenvalue weighted by molar-refractivity contribution is 7.91. The van der Waals surface area contributed by atoms with E-state index in [0.717, 1.165) is 0 Å². The number of nitriles is 1. The SMILES string of the molecule is COCCN(/C=C(/C#N)C(=O)Nc1ccc(O)cc1C)C1CCS(=O)(=O)C1.